The summed E-state index contributed by atoms with van der Waals surface area (Å²) >= 11 is 0. The second-order valence-electron chi connectivity index (χ2n) is 4.89. The van der Waals surface area contributed by atoms with Crippen LogP contribution in [0.4, 0.5) is 5.69 Å². The molecule has 7 heteroatoms. The number of carbonyl (C=O) groups is 1. The Labute approximate surface area is 116 Å². The van der Waals surface area contributed by atoms with Gasteiger partial charge in [-0.15, -0.1) is 5.10 Å². The highest BCUT2D eigenvalue weighted by molar-refractivity contribution is 5.94. The van der Waals surface area contributed by atoms with Crippen LogP contribution in [0.1, 0.15) is 12.8 Å². The summed E-state index contributed by atoms with van der Waals surface area (Å²) in [6.45, 7) is 1.24. The summed E-state index contributed by atoms with van der Waals surface area (Å²) < 4.78 is 1.52. The van der Waals surface area contributed by atoms with Crippen molar-refractivity contribution in [2.75, 3.05) is 18.4 Å². The molecule has 0 unspecified atom stereocenters. The summed E-state index contributed by atoms with van der Waals surface area (Å²) in [5.74, 6) is 0.697. The predicted molar refractivity (Wildman–Crippen MR) is 73.4 cm³/mol. The standard InChI is InChI=1S/C13H16N6O/c20-13(8-14-7-10-5-6-10)16-11-3-1-2-4-12(11)19-9-15-17-18-19/h1-4,9-10,14H,5-8H2,(H,16,20). The molecule has 1 aromatic heterocycles. The summed E-state index contributed by atoms with van der Waals surface area (Å²) in [6.07, 6.45) is 4.05. The first-order valence-corrected chi connectivity index (χ1v) is 6.66. The Kier molecular flexibility index (Phi) is 3.69. The Balaban J connectivity index is 1.62. The molecule has 1 aliphatic carbocycles. The molecule has 0 radical (unpaired) electrons. The lowest BCUT2D eigenvalue weighted by Crippen LogP contribution is -2.29. The molecule has 3 rings (SSSR count). The summed E-state index contributed by atoms with van der Waals surface area (Å²) in [5, 5.41) is 17.1. The molecule has 2 N–H and O–H groups in total. The average molecular weight is 272 g/mol. The molecule has 1 aliphatic rings. The van der Waals surface area contributed by atoms with E-state index >= 15 is 0 Å². The van der Waals surface area contributed by atoms with Crippen molar-refractivity contribution in [2.24, 2.45) is 5.92 Å². The van der Waals surface area contributed by atoms with Crippen LogP contribution in [0.3, 0.4) is 0 Å². The summed E-state index contributed by atoms with van der Waals surface area (Å²) in [4.78, 5) is 11.9. The van der Waals surface area contributed by atoms with Gasteiger partial charge in [0.05, 0.1) is 17.9 Å². The van der Waals surface area contributed by atoms with E-state index in [1.165, 1.54) is 23.9 Å². The average Bonchev–Trinajstić information content (AvgIpc) is 3.11. The minimum atomic E-state index is -0.0637. The second-order valence-corrected chi connectivity index (χ2v) is 4.89. The van der Waals surface area contributed by atoms with Gasteiger partial charge in [-0.3, -0.25) is 4.79 Å². The maximum absolute atomic E-state index is 11.9. The molecule has 7 nitrogen and oxygen atoms in total. The number of carbonyl (C=O) groups excluding carboxylic acids is 1. The molecule has 1 heterocycles. The largest absolute Gasteiger partial charge is 0.323 e. The number of benzene rings is 1. The van der Waals surface area contributed by atoms with Gasteiger partial charge in [-0.05, 0) is 47.9 Å². The molecule has 104 valence electrons. The second kappa shape index (κ2) is 5.79. The first kappa shape index (κ1) is 12.7. The van der Waals surface area contributed by atoms with Gasteiger partial charge < -0.3 is 10.6 Å². The lowest BCUT2D eigenvalue weighted by atomic mass is 10.2. The highest BCUT2D eigenvalue weighted by Crippen LogP contribution is 2.27. The van der Waals surface area contributed by atoms with Crippen molar-refractivity contribution < 1.29 is 4.79 Å². The Bertz CT molecular complexity index is 578. The Morgan fingerprint density at radius 1 is 1.35 bits per heavy atom. The van der Waals surface area contributed by atoms with Crippen molar-refractivity contribution in [1.82, 2.24) is 25.5 Å². The van der Waals surface area contributed by atoms with Crippen LogP contribution in [0.25, 0.3) is 5.69 Å². The van der Waals surface area contributed by atoms with Crippen LogP contribution < -0.4 is 10.6 Å². The minimum absolute atomic E-state index is 0.0637. The van der Waals surface area contributed by atoms with Gasteiger partial charge in [-0.1, -0.05) is 12.1 Å². The zero-order valence-corrected chi connectivity index (χ0v) is 11.0. The third-order valence-electron chi connectivity index (χ3n) is 3.19. The number of hydrogen-bond acceptors (Lipinski definition) is 5. The number of tetrazole rings is 1. The minimum Gasteiger partial charge on any atom is -0.323 e. The van der Waals surface area contributed by atoms with E-state index in [2.05, 4.69) is 26.2 Å². The zero-order chi connectivity index (χ0) is 13.8. The number of para-hydroxylation sites is 2. The molecule has 1 aromatic carbocycles. The van der Waals surface area contributed by atoms with Crippen molar-refractivity contribution in [2.45, 2.75) is 12.8 Å². The summed E-state index contributed by atoms with van der Waals surface area (Å²) in [7, 11) is 0. The zero-order valence-electron chi connectivity index (χ0n) is 11.0. The predicted octanol–water partition coefficient (Wildman–Crippen LogP) is 0.600. The number of rotatable bonds is 6. The van der Waals surface area contributed by atoms with E-state index in [1.54, 1.807) is 0 Å². The molecule has 0 atom stereocenters. The van der Waals surface area contributed by atoms with Crippen LogP contribution in [-0.4, -0.2) is 39.2 Å². The van der Waals surface area contributed by atoms with Gasteiger partial charge in [0.1, 0.15) is 6.33 Å². The first-order valence-electron chi connectivity index (χ1n) is 6.66. The lowest BCUT2D eigenvalue weighted by molar-refractivity contribution is -0.115. The molecule has 0 aliphatic heterocycles. The Morgan fingerprint density at radius 3 is 2.95 bits per heavy atom. The molecule has 2 aromatic rings. The lowest BCUT2D eigenvalue weighted by Gasteiger charge is -2.10. The highest BCUT2D eigenvalue weighted by atomic mass is 16.1. The van der Waals surface area contributed by atoms with E-state index < -0.39 is 0 Å². The van der Waals surface area contributed by atoms with Gasteiger partial charge in [0, 0.05) is 0 Å². The quantitative estimate of drug-likeness (QED) is 0.804. The van der Waals surface area contributed by atoms with Gasteiger partial charge in [0.2, 0.25) is 5.91 Å². The third-order valence-corrected chi connectivity index (χ3v) is 3.19. The number of amides is 1. The molecule has 1 fully saturated rings. The highest BCUT2D eigenvalue weighted by Gasteiger charge is 2.20. The number of nitrogens with one attached hydrogen (secondary N) is 2. The SMILES string of the molecule is O=C(CNCC1CC1)Nc1ccccc1-n1cnnn1. The van der Waals surface area contributed by atoms with Gasteiger partial charge in [0.25, 0.3) is 0 Å². The Hall–Kier alpha value is -2.28. The monoisotopic (exact) mass is 272 g/mol. The molecule has 20 heavy (non-hydrogen) atoms. The summed E-state index contributed by atoms with van der Waals surface area (Å²) in [6, 6.07) is 7.42. The maximum atomic E-state index is 11.9. The molecule has 0 spiro atoms. The molecular formula is C13H16N6O. The van der Waals surface area contributed by atoms with E-state index in [0.717, 1.165) is 18.2 Å². The van der Waals surface area contributed by atoms with Crippen molar-refractivity contribution in [3.8, 4) is 5.69 Å². The van der Waals surface area contributed by atoms with Gasteiger partial charge >= 0.3 is 0 Å². The van der Waals surface area contributed by atoms with Gasteiger partial charge in [-0.2, -0.15) is 4.68 Å². The number of anilines is 1. The van der Waals surface area contributed by atoms with Crippen LogP contribution >= 0.6 is 0 Å². The van der Waals surface area contributed by atoms with Gasteiger partial charge in [0.15, 0.2) is 0 Å². The van der Waals surface area contributed by atoms with Crippen LogP contribution in [0, 0.1) is 5.92 Å². The fourth-order valence-corrected chi connectivity index (χ4v) is 1.96. The van der Waals surface area contributed by atoms with Crippen LogP contribution in [0.5, 0.6) is 0 Å². The molecular weight excluding hydrogens is 256 g/mol. The Morgan fingerprint density at radius 2 is 2.20 bits per heavy atom. The summed E-state index contributed by atoms with van der Waals surface area (Å²) in [5.41, 5.74) is 1.44. The number of nitrogens with zero attached hydrogens (tertiary/aromatic N) is 4. The number of hydrogen-bond donors (Lipinski definition) is 2. The number of aromatic nitrogens is 4. The molecule has 1 amide bonds. The normalized spacial score (nSPS) is 14.2. The van der Waals surface area contributed by atoms with E-state index in [0.29, 0.717) is 12.2 Å². The topological polar surface area (TPSA) is 84.7 Å². The first-order chi connectivity index (χ1) is 9.83. The van der Waals surface area contributed by atoms with E-state index in [-0.39, 0.29) is 5.91 Å². The van der Waals surface area contributed by atoms with Crippen molar-refractivity contribution in [3.63, 3.8) is 0 Å². The van der Waals surface area contributed by atoms with Crippen molar-refractivity contribution >= 4 is 11.6 Å². The van der Waals surface area contributed by atoms with Crippen LogP contribution in [-0.2, 0) is 4.79 Å². The van der Waals surface area contributed by atoms with E-state index in [9.17, 15) is 4.79 Å². The smallest absolute Gasteiger partial charge is 0.238 e. The van der Waals surface area contributed by atoms with Crippen LogP contribution in [0.15, 0.2) is 30.6 Å². The van der Waals surface area contributed by atoms with Crippen LogP contribution in [0.2, 0.25) is 0 Å². The van der Waals surface area contributed by atoms with Crippen molar-refractivity contribution in [1.29, 1.82) is 0 Å². The maximum Gasteiger partial charge on any atom is 0.238 e. The van der Waals surface area contributed by atoms with Crippen molar-refractivity contribution in [3.05, 3.63) is 30.6 Å². The molecule has 1 saturated carbocycles. The third kappa shape index (κ3) is 3.18. The van der Waals surface area contributed by atoms with Gasteiger partial charge in [-0.25, -0.2) is 0 Å². The molecule has 0 bridgehead atoms. The molecule has 0 saturated heterocycles. The van der Waals surface area contributed by atoms with E-state index in [4.69, 9.17) is 0 Å². The van der Waals surface area contributed by atoms with E-state index in [1.807, 2.05) is 24.3 Å². The fraction of sp³-hybridized carbons (Fsp3) is 0.385. The fourth-order valence-electron chi connectivity index (χ4n) is 1.96.